The SMILES string of the molecule is CCOC(=O)N[C@@H](Cc1cnc[nH]1)C(=O)OC. The Balaban J connectivity index is 2.60. The van der Waals surface area contributed by atoms with E-state index in [0.29, 0.717) is 0 Å². The summed E-state index contributed by atoms with van der Waals surface area (Å²) in [5.41, 5.74) is 0.720. The average Bonchev–Trinajstić information content (AvgIpc) is 2.80. The summed E-state index contributed by atoms with van der Waals surface area (Å²) in [6, 6.07) is -0.792. The lowest BCUT2D eigenvalue weighted by Crippen LogP contribution is -2.43. The van der Waals surface area contributed by atoms with Crippen molar-refractivity contribution < 1.29 is 19.1 Å². The van der Waals surface area contributed by atoms with Gasteiger partial charge in [0.05, 0.1) is 20.0 Å². The van der Waals surface area contributed by atoms with Crippen molar-refractivity contribution in [1.82, 2.24) is 15.3 Å². The summed E-state index contributed by atoms with van der Waals surface area (Å²) in [7, 11) is 1.26. The van der Waals surface area contributed by atoms with Crippen LogP contribution in [0.2, 0.25) is 0 Å². The van der Waals surface area contributed by atoms with Crippen LogP contribution in [0.4, 0.5) is 4.79 Å². The number of amides is 1. The molecule has 1 amide bonds. The van der Waals surface area contributed by atoms with E-state index in [0.717, 1.165) is 5.69 Å². The van der Waals surface area contributed by atoms with Crippen molar-refractivity contribution in [3.8, 4) is 0 Å². The van der Waals surface area contributed by atoms with E-state index in [1.165, 1.54) is 13.4 Å². The molecular formula is C10H15N3O4. The number of methoxy groups -OCH3 is 1. The highest BCUT2D eigenvalue weighted by Gasteiger charge is 2.22. The number of nitrogens with one attached hydrogen (secondary N) is 2. The van der Waals surface area contributed by atoms with E-state index < -0.39 is 18.1 Å². The second kappa shape index (κ2) is 6.51. The molecular weight excluding hydrogens is 226 g/mol. The Kier molecular flexibility index (Phi) is 4.99. The summed E-state index contributed by atoms with van der Waals surface area (Å²) in [4.78, 5) is 29.4. The number of rotatable bonds is 5. The van der Waals surface area contributed by atoms with E-state index in [1.807, 2.05) is 0 Å². The summed E-state index contributed by atoms with van der Waals surface area (Å²) in [5.74, 6) is -0.535. The number of alkyl carbamates (subject to hydrolysis) is 1. The molecule has 1 atom stereocenters. The van der Waals surface area contributed by atoms with Crippen molar-refractivity contribution in [3.05, 3.63) is 18.2 Å². The van der Waals surface area contributed by atoms with Crippen LogP contribution in [0.5, 0.6) is 0 Å². The van der Waals surface area contributed by atoms with E-state index in [2.05, 4.69) is 20.0 Å². The number of hydrogen-bond donors (Lipinski definition) is 2. The molecule has 0 radical (unpaired) electrons. The first-order valence-electron chi connectivity index (χ1n) is 5.15. The first-order chi connectivity index (χ1) is 8.17. The molecule has 1 rings (SSSR count). The third kappa shape index (κ3) is 4.13. The maximum Gasteiger partial charge on any atom is 0.407 e. The van der Waals surface area contributed by atoms with Crippen LogP contribution in [0.15, 0.2) is 12.5 Å². The maximum atomic E-state index is 11.5. The molecule has 0 aromatic carbocycles. The quantitative estimate of drug-likeness (QED) is 0.720. The molecule has 0 saturated carbocycles. The van der Waals surface area contributed by atoms with Gasteiger partial charge < -0.3 is 19.8 Å². The fourth-order valence-corrected chi connectivity index (χ4v) is 1.27. The molecule has 0 saturated heterocycles. The molecule has 0 unspecified atom stereocenters. The molecule has 0 fully saturated rings. The molecule has 1 aromatic rings. The lowest BCUT2D eigenvalue weighted by molar-refractivity contribution is -0.143. The van der Waals surface area contributed by atoms with Crippen LogP contribution in [-0.4, -0.2) is 41.8 Å². The van der Waals surface area contributed by atoms with Gasteiger partial charge in [0.25, 0.3) is 0 Å². The predicted octanol–water partition coefficient (Wildman–Crippen LogP) is 0.240. The van der Waals surface area contributed by atoms with Gasteiger partial charge in [-0.15, -0.1) is 0 Å². The van der Waals surface area contributed by atoms with Gasteiger partial charge in [-0.25, -0.2) is 14.6 Å². The molecule has 1 heterocycles. The topological polar surface area (TPSA) is 93.3 Å². The molecule has 1 aromatic heterocycles. The fourth-order valence-electron chi connectivity index (χ4n) is 1.27. The summed E-state index contributed by atoms with van der Waals surface area (Å²) < 4.78 is 9.30. The summed E-state index contributed by atoms with van der Waals surface area (Å²) in [6.45, 7) is 1.92. The van der Waals surface area contributed by atoms with Crippen molar-refractivity contribution in [2.24, 2.45) is 0 Å². The zero-order valence-electron chi connectivity index (χ0n) is 9.73. The number of ether oxygens (including phenoxy) is 2. The average molecular weight is 241 g/mol. The van der Waals surface area contributed by atoms with Gasteiger partial charge in [-0.05, 0) is 6.92 Å². The highest BCUT2D eigenvalue weighted by Crippen LogP contribution is 2.00. The normalized spacial score (nSPS) is 11.6. The highest BCUT2D eigenvalue weighted by atomic mass is 16.6. The van der Waals surface area contributed by atoms with Gasteiger partial charge in [-0.2, -0.15) is 0 Å². The van der Waals surface area contributed by atoms with Crippen molar-refractivity contribution in [2.75, 3.05) is 13.7 Å². The second-order valence-corrected chi connectivity index (χ2v) is 3.22. The summed E-state index contributed by atoms with van der Waals surface area (Å²) in [5, 5.41) is 2.42. The minimum absolute atomic E-state index is 0.240. The number of aromatic nitrogens is 2. The smallest absolute Gasteiger partial charge is 0.407 e. The summed E-state index contributed by atoms with van der Waals surface area (Å²) in [6.07, 6.45) is 2.69. The molecule has 0 aliphatic heterocycles. The number of carbonyl (C=O) groups excluding carboxylic acids is 2. The van der Waals surface area contributed by atoms with Crippen LogP contribution >= 0.6 is 0 Å². The Morgan fingerprint density at radius 2 is 2.35 bits per heavy atom. The van der Waals surface area contributed by atoms with Gasteiger partial charge in [0.15, 0.2) is 0 Å². The minimum Gasteiger partial charge on any atom is -0.467 e. The first kappa shape index (κ1) is 13.0. The zero-order valence-corrected chi connectivity index (χ0v) is 9.73. The monoisotopic (exact) mass is 241 g/mol. The molecule has 94 valence electrons. The third-order valence-corrected chi connectivity index (χ3v) is 2.03. The van der Waals surface area contributed by atoms with Crippen molar-refractivity contribution in [2.45, 2.75) is 19.4 Å². The van der Waals surface area contributed by atoms with Crippen molar-refractivity contribution in [1.29, 1.82) is 0 Å². The lowest BCUT2D eigenvalue weighted by Gasteiger charge is -2.15. The van der Waals surface area contributed by atoms with E-state index in [4.69, 9.17) is 4.74 Å². The Morgan fingerprint density at radius 3 is 2.88 bits per heavy atom. The predicted molar refractivity (Wildman–Crippen MR) is 58.3 cm³/mol. The van der Waals surface area contributed by atoms with Crippen LogP contribution in [0.3, 0.4) is 0 Å². The highest BCUT2D eigenvalue weighted by molar-refractivity contribution is 5.81. The number of aromatic amines is 1. The van der Waals surface area contributed by atoms with Crippen molar-refractivity contribution in [3.63, 3.8) is 0 Å². The Bertz CT molecular complexity index is 364. The Labute approximate surface area is 98.5 Å². The van der Waals surface area contributed by atoms with Crippen LogP contribution in [0.1, 0.15) is 12.6 Å². The second-order valence-electron chi connectivity index (χ2n) is 3.22. The lowest BCUT2D eigenvalue weighted by atomic mass is 10.2. The number of esters is 1. The first-order valence-corrected chi connectivity index (χ1v) is 5.15. The van der Waals surface area contributed by atoms with Gasteiger partial charge in [0.1, 0.15) is 6.04 Å². The molecule has 7 nitrogen and oxygen atoms in total. The van der Waals surface area contributed by atoms with Crippen molar-refractivity contribution >= 4 is 12.1 Å². The fraction of sp³-hybridized carbons (Fsp3) is 0.500. The van der Waals surface area contributed by atoms with Crippen LogP contribution < -0.4 is 5.32 Å². The molecule has 17 heavy (non-hydrogen) atoms. The summed E-state index contributed by atoms with van der Waals surface area (Å²) >= 11 is 0. The van der Waals surface area contributed by atoms with E-state index in [1.54, 1.807) is 13.1 Å². The standard InChI is InChI=1S/C10H15N3O4/c1-3-17-10(15)13-8(9(14)16-2)4-7-5-11-6-12-7/h5-6,8H,3-4H2,1-2H3,(H,11,12)(H,13,15)/t8-/m0/s1. The van der Waals surface area contributed by atoms with Gasteiger partial charge in [-0.3, -0.25) is 0 Å². The number of hydrogen-bond acceptors (Lipinski definition) is 5. The van der Waals surface area contributed by atoms with Gasteiger partial charge in [0.2, 0.25) is 0 Å². The Morgan fingerprint density at radius 1 is 1.59 bits per heavy atom. The number of nitrogens with zero attached hydrogens (tertiary/aromatic N) is 1. The third-order valence-electron chi connectivity index (χ3n) is 2.03. The van der Waals surface area contributed by atoms with E-state index in [9.17, 15) is 9.59 Å². The van der Waals surface area contributed by atoms with Crippen LogP contribution in [0, 0.1) is 0 Å². The van der Waals surface area contributed by atoms with Crippen LogP contribution in [0.25, 0.3) is 0 Å². The van der Waals surface area contributed by atoms with Gasteiger partial charge in [-0.1, -0.05) is 0 Å². The maximum absolute atomic E-state index is 11.5. The molecule has 0 bridgehead atoms. The molecule has 0 spiro atoms. The minimum atomic E-state index is -0.792. The van der Waals surface area contributed by atoms with Gasteiger partial charge >= 0.3 is 12.1 Å². The van der Waals surface area contributed by atoms with E-state index >= 15 is 0 Å². The largest absolute Gasteiger partial charge is 0.467 e. The number of H-pyrrole nitrogens is 1. The van der Waals surface area contributed by atoms with E-state index in [-0.39, 0.29) is 13.0 Å². The molecule has 0 aliphatic rings. The Hall–Kier alpha value is -2.05. The zero-order chi connectivity index (χ0) is 12.7. The number of carbonyl (C=O) groups is 2. The van der Waals surface area contributed by atoms with Crippen LogP contribution in [-0.2, 0) is 20.7 Å². The number of imidazole rings is 1. The molecule has 0 aliphatic carbocycles. The molecule has 2 N–H and O–H groups in total. The van der Waals surface area contributed by atoms with Gasteiger partial charge in [0, 0.05) is 18.3 Å². The molecule has 7 heteroatoms.